The first-order valence-corrected chi connectivity index (χ1v) is 6.92. The van der Waals surface area contributed by atoms with Gasteiger partial charge in [0.25, 0.3) is 0 Å². The summed E-state index contributed by atoms with van der Waals surface area (Å²) in [7, 11) is 0. The molecule has 94 valence electrons. The lowest BCUT2D eigenvalue weighted by Crippen LogP contribution is -1.83. The maximum absolute atomic E-state index is 5.74. The van der Waals surface area contributed by atoms with Gasteiger partial charge in [0.15, 0.2) is 0 Å². The monoisotopic (exact) mass is 266 g/mol. The van der Waals surface area contributed by atoms with Crippen LogP contribution in [-0.2, 0) is 0 Å². The van der Waals surface area contributed by atoms with Crippen molar-refractivity contribution in [3.05, 3.63) is 60.4 Å². The first-order valence-electron chi connectivity index (χ1n) is 6.11. The van der Waals surface area contributed by atoms with E-state index in [0.717, 1.165) is 5.69 Å². The number of pyridine rings is 1. The van der Waals surface area contributed by atoms with Crippen LogP contribution in [0.1, 0.15) is 5.56 Å². The van der Waals surface area contributed by atoms with Crippen LogP contribution in [0.4, 0.5) is 5.69 Å². The van der Waals surface area contributed by atoms with Crippen molar-refractivity contribution in [2.24, 2.45) is 0 Å². The van der Waals surface area contributed by atoms with E-state index >= 15 is 0 Å². The minimum atomic E-state index is 0.798. The second kappa shape index (κ2) is 4.86. The topological polar surface area (TPSA) is 38.9 Å². The van der Waals surface area contributed by atoms with Crippen LogP contribution in [0.5, 0.6) is 0 Å². The fourth-order valence-corrected chi connectivity index (χ4v) is 3.25. The minimum absolute atomic E-state index is 0.798. The third-order valence-corrected chi connectivity index (χ3v) is 4.39. The fraction of sp³-hybridized carbons (Fsp3) is 0.0625. The molecule has 0 amide bonds. The smallest absolute Gasteiger partial charge is 0.0378 e. The minimum Gasteiger partial charge on any atom is -0.399 e. The molecule has 2 aromatic heterocycles. The zero-order valence-corrected chi connectivity index (χ0v) is 11.4. The van der Waals surface area contributed by atoms with Crippen LogP contribution in [0.25, 0.3) is 20.9 Å². The van der Waals surface area contributed by atoms with E-state index in [1.54, 1.807) is 11.3 Å². The lowest BCUT2D eigenvalue weighted by molar-refractivity contribution is 1.33. The number of nitrogens with two attached hydrogens (primary N) is 1. The Morgan fingerprint density at radius 3 is 2.32 bits per heavy atom. The molecule has 2 N–H and O–H groups in total. The number of aromatic nitrogens is 1. The Morgan fingerprint density at radius 1 is 0.947 bits per heavy atom. The Balaban J connectivity index is 2.05. The molecule has 0 atom stereocenters. The number of benzene rings is 1. The molecule has 3 aromatic rings. The van der Waals surface area contributed by atoms with Gasteiger partial charge in [-0.05, 0) is 53.9 Å². The van der Waals surface area contributed by atoms with Crippen molar-refractivity contribution in [1.29, 1.82) is 0 Å². The van der Waals surface area contributed by atoms with Gasteiger partial charge in [0.2, 0.25) is 0 Å². The van der Waals surface area contributed by atoms with E-state index in [0.29, 0.717) is 0 Å². The van der Waals surface area contributed by atoms with E-state index in [9.17, 15) is 0 Å². The molecular weight excluding hydrogens is 252 g/mol. The predicted octanol–water partition coefficient (Wildman–Crippen LogP) is 4.37. The van der Waals surface area contributed by atoms with Gasteiger partial charge in [0.05, 0.1) is 0 Å². The maximum Gasteiger partial charge on any atom is 0.0378 e. The summed E-state index contributed by atoms with van der Waals surface area (Å²) in [5.74, 6) is 0. The van der Waals surface area contributed by atoms with Crippen LogP contribution in [-0.4, -0.2) is 4.98 Å². The first kappa shape index (κ1) is 11.9. The van der Waals surface area contributed by atoms with Gasteiger partial charge in [-0.15, -0.1) is 11.3 Å². The third kappa shape index (κ3) is 2.37. The molecule has 0 unspecified atom stereocenters. The molecule has 0 saturated heterocycles. The van der Waals surface area contributed by atoms with Gasteiger partial charge in [-0.3, -0.25) is 4.98 Å². The number of nitrogen functional groups attached to an aromatic ring is 1. The van der Waals surface area contributed by atoms with Crippen molar-refractivity contribution in [2.75, 3.05) is 5.73 Å². The zero-order chi connectivity index (χ0) is 13.2. The Morgan fingerprint density at radius 2 is 1.63 bits per heavy atom. The Labute approximate surface area is 116 Å². The molecule has 2 heterocycles. The molecular formula is C16H14N2S. The molecule has 0 saturated carbocycles. The average Bonchev–Trinajstić information content (AvgIpc) is 2.83. The Bertz CT molecular complexity index is 685. The van der Waals surface area contributed by atoms with Crippen LogP contribution >= 0.6 is 11.3 Å². The number of thiophene rings is 1. The van der Waals surface area contributed by atoms with Crippen molar-refractivity contribution >= 4 is 17.0 Å². The predicted molar refractivity (Wildman–Crippen MR) is 82.1 cm³/mol. The summed E-state index contributed by atoms with van der Waals surface area (Å²) in [4.78, 5) is 6.63. The molecule has 2 nitrogen and oxygen atoms in total. The molecule has 3 heteroatoms. The van der Waals surface area contributed by atoms with Gasteiger partial charge < -0.3 is 5.73 Å². The molecule has 0 fully saturated rings. The third-order valence-electron chi connectivity index (χ3n) is 3.06. The summed E-state index contributed by atoms with van der Waals surface area (Å²) in [5, 5.41) is 0. The number of aryl methyl sites for hydroxylation is 1. The average molecular weight is 266 g/mol. The summed E-state index contributed by atoms with van der Waals surface area (Å²) in [6.45, 7) is 2.15. The standard InChI is InChI=1S/C16H14N2S/c1-11-10-15(12-6-8-18-9-7-12)19-16(11)13-2-4-14(17)5-3-13/h2-10H,17H2,1H3. The maximum atomic E-state index is 5.74. The Kier molecular flexibility index (Phi) is 3.05. The van der Waals surface area contributed by atoms with Gasteiger partial charge >= 0.3 is 0 Å². The van der Waals surface area contributed by atoms with Crippen molar-refractivity contribution < 1.29 is 0 Å². The summed E-state index contributed by atoms with van der Waals surface area (Å²) in [5.41, 5.74) is 10.3. The van der Waals surface area contributed by atoms with E-state index in [2.05, 4.69) is 30.1 Å². The van der Waals surface area contributed by atoms with Gasteiger partial charge in [0.1, 0.15) is 0 Å². The molecule has 0 radical (unpaired) electrons. The normalized spacial score (nSPS) is 10.6. The number of nitrogens with zero attached hydrogens (tertiary/aromatic N) is 1. The number of anilines is 1. The molecule has 0 aliphatic heterocycles. The SMILES string of the molecule is Cc1cc(-c2ccncc2)sc1-c1ccc(N)cc1. The first-order chi connectivity index (χ1) is 9.24. The highest BCUT2D eigenvalue weighted by Crippen LogP contribution is 2.37. The fourth-order valence-electron chi connectivity index (χ4n) is 2.06. The summed E-state index contributed by atoms with van der Waals surface area (Å²) in [6.07, 6.45) is 3.65. The molecule has 0 aliphatic rings. The summed E-state index contributed by atoms with van der Waals surface area (Å²) >= 11 is 1.80. The van der Waals surface area contributed by atoms with Gasteiger partial charge in [-0.25, -0.2) is 0 Å². The van der Waals surface area contributed by atoms with Crippen molar-refractivity contribution in [2.45, 2.75) is 6.92 Å². The molecule has 0 bridgehead atoms. The lowest BCUT2D eigenvalue weighted by Gasteiger charge is -2.00. The second-order valence-electron chi connectivity index (χ2n) is 4.48. The molecule has 1 aromatic carbocycles. The van der Waals surface area contributed by atoms with Crippen molar-refractivity contribution in [3.63, 3.8) is 0 Å². The van der Waals surface area contributed by atoms with Crippen LogP contribution in [0.15, 0.2) is 54.9 Å². The quantitative estimate of drug-likeness (QED) is 0.700. The van der Waals surface area contributed by atoms with Gasteiger partial charge in [0, 0.05) is 27.8 Å². The van der Waals surface area contributed by atoms with Crippen LogP contribution in [0.2, 0.25) is 0 Å². The number of hydrogen-bond acceptors (Lipinski definition) is 3. The van der Waals surface area contributed by atoms with E-state index < -0.39 is 0 Å². The van der Waals surface area contributed by atoms with Crippen LogP contribution in [0.3, 0.4) is 0 Å². The number of hydrogen-bond donors (Lipinski definition) is 1. The molecule has 0 aliphatic carbocycles. The van der Waals surface area contributed by atoms with Crippen molar-refractivity contribution in [1.82, 2.24) is 4.98 Å². The zero-order valence-electron chi connectivity index (χ0n) is 10.6. The lowest BCUT2D eigenvalue weighted by atomic mass is 10.1. The highest BCUT2D eigenvalue weighted by atomic mass is 32.1. The Hall–Kier alpha value is -2.13. The summed E-state index contributed by atoms with van der Waals surface area (Å²) < 4.78 is 0. The van der Waals surface area contributed by atoms with Crippen LogP contribution in [0, 0.1) is 6.92 Å². The van der Waals surface area contributed by atoms with E-state index in [-0.39, 0.29) is 0 Å². The second-order valence-corrected chi connectivity index (χ2v) is 5.53. The highest BCUT2D eigenvalue weighted by Gasteiger charge is 2.09. The molecule has 3 rings (SSSR count). The van der Waals surface area contributed by atoms with E-state index in [1.807, 2.05) is 36.7 Å². The van der Waals surface area contributed by atoms with Gasteiger partial charge in [-0.1, -0.05) is 12.1 Å². The highest BCUT2D eigenvalue weighted by molar-refractivity contribution is 7.19. The molecule has 0 spiro atoms. The largest absolute Gasteiger partial charge is 0.399 e. The summed E-state index contributed by atoms with van der Waals surface area (Å²) in [6, 6.07) is 14.3. The van der Waals surface area contributed by atoms with Crippen molar-refractivity contribution in [3.8, 4) is 20.9 Å². The van der Waals surface area contributed by atoms with Gasteiger partial charge in [-0.2, -0.15) is 0 Å². The van der Waals surface area contributed by atoms with Crippen LogP contribution < -0.4 is 5.73 Å². The molecule has 19 heavy (non-hydrogen) atoms. The van der Waals surface area contributed by atoms with E-state index in [4.69, 9.17) is 5.73 Å². The van der Waals surface area contributed by atoms with E-state index in [1.165, 1.54) is 26.4 Å². The number of rotatable bonds is 2.